The first-order valence-corrected chi connectivity index (χ1v) is 7.29. The quantitative estimate of drug-likeness (QED) is 0.898. The van der Waals surface area contributed by atoms with Crippen LogP contribution >= 0.6 is 0 Å². The molecule has 1 aliphatic rings. The van der Waals surface area contributed by atoms with Crippen molar-refractivity contribution in [3.05, 3.63) is 48.5 Å². The molecule has 1 unspecified atom stereocenters. The molecule has 23 heavy (non-hydrogen) atoms. The van der Waals surface area contributed by atoms with Gasteiger partial charge in [-0.2, -0.15) is 0 Å². The minimum Gasteiger partial charge on any atom is -0.465 e. The summed E-state index contributed by atoms with van der Waals surface area (Å²) in [5, 5.41) is 11.7. The third-order valence-electron chi connectivity index (χ3n) is 3.76. The van der Waals surface area contributed by atoms with Crippen molar-refractivity contribution < 1.29 is 14.7 Å². The Morgan fingerprint density at radius 2 is 1.83 bits per heavy atom. The molecule has 7 heteroatoms. The van der Waals surface area contributed by atoms with Crippen LogP contribution in [0.25, 0.3) is 11.1 Å². The largest absolute Gasteiger partial charge is 0.465 e. The molecule has 1 atom stereocenters. The first kappa shape index (κ1) is 15.0. The lowest BCUT2D eigenvalue weighted by molar-refractivity contribution is 0.0925. The maximum atomic E-state index is 12.1. The van der Waals surface area contributed by atoms with Gasteiger partial charge in [-0.15, -0.1) is 0 Å². The monoisotopic (exact) mass is 312 g/mol. The van der Waals surface area contributed by atoms with Crippen LogP contribution in [0.4, 0.5) is 4.79 Å². The van der Waals surface area contributed by atoms with Gasteiger partial charge in [0, 0.05) is 37.1 Å². The summed E-state index contributed by atoms with van der Waals surface area (Å²) in [7, 11) is 0. The molecule has 2 N–H and O–H groups in total. The predicted octanol–water partition coefficient (Wildman–Crippen LogP) is 1.63. The Labute approximate surface area is 133 Å². The molecular formula is C16H16N4O3. The van der Waals surface area contributed by atoms with Crippen molar-refractivity contribution in [1.82, 2.24) is 20.2 Å². The summed E-state index contributed by atoms with van der Waals surface area (Å²) in [4.78, 5) is 32.5. The topological polar surface area (TPSA) is 95.4 Å². The Kier molecular flexibility index (Phi) is 4.18. The van der Waals surface area contributed by atoms with Gasteiger partial charge in [-0.05, 0) is 12.0 Å². The zero-order valence-corrected chi connectivity index (χ0v) is 12.3. The standard InChI is InChI=1S/C16H16N4O3/c21-15(19-13-6-7-20(10-13)16(22)23)14-17-8-12(9-18-14)11-4-2-1-3-5-11/h1-5,8-9,13H,6-7,10H2,(H,19,21)(H,22,23). The van der Waals surface area contributed by atoms with Crippen LogP contribution in [0.3, 0.4) is 0 Å². The molecular weight excluding hydrogens is 296 g/mol. The number of hydrogen-bond acceptors (Lipinski definition) is 4. The maximum Gasteiger partial charge on any atom is 0.407 e. The first-order valence-electron chi connectivity index (χ1n) is 7.29. The van der Waals surface area contributed by atoms with Gasteiger partial charge in [0.05, 0.1) is 0 Å². The van der Waals surface area contributed by atoms with Gasteiger partial charge in [0.1, 0.15) is 0 Å². The van der Waals surface area contributed by atoms with Gasteiger partial charge in [-0.25, -0.2) is 14.8 Å². The highest BCUT2D eigenvalue weighted by molar-refractivity contribution is 5.90. The lowest BCUT2D eigenvalue weighted by Gasteiger charge is -2.13. The Morgan fingerprint density at radius 3 is 2.43 bits per heavy atom. The average Bonchev–Trinajstić information content (AvgIpc) is 3.04. The number of likely N-dealkylation sites (tertiary alicyclic amines) is 1. The number of hydrogen-bond donors (Lipinski definition) is 2. The molecule has 2 aromatic rings. The van der Waals surface area contributed by atoms with Crippen LogP contribution in [0.1, 0.15) is 17.0 Å². The Hall–Kier alpha value is -2.96. The minimum atomic E-state index is -0.967. The molecule has 1 aliphatic heterocycles. The second-order valence-corrected chi connectivity index (χ2v) is 5.35. The van der Waals surface area contributed by atoms with E-state index in [1.807, 2.05) is 30.3 Å². The average molecular weight is 312 g/mol. The smallest absolute Gasteiger partial charge is 0.407 e. The SMILES string of the molecule is O=C(NC1CCN(C(=O)O)C1)c1ncc(-c2ccccc2)cn1. The molecule has 1 fully saturated rings. The summed E-state index contributed by atoms with van der Waals surface area (Å²) >= 11 is 0. The molecule has 0 spiro atoms. The summed E-state index contributed by atoms with van der Waals surface area (Å²) < 4.78 is 0. The van der Waals surface area contributed by atoms with E-state index in [-0.39, 0.29) is 17.8 Å². The molecule has 3 rings (SSSR count). The van der Waals surface area contributed by atoms with Crippen molar-refractivity contribution in [2.75, 3.05) is 13.1 Å². The maximum absolute atomic E-state index is 12.1. The fraction of sp³-hybridized carbons (Fsp3) is 0.250. The van der Waals surface area contributed by atoms with Gasteiger partial charge in [0.25, 0.3) is 5.91 Å². The van der Waals surface area contributed by atoms with Crippen LogP contribution in [-0.4, -0.2) is 51.1 Å². The zero-order valence-electron chi connectivity index (χ0n) is 12.3. The second-order valence-electron chi connectivity index (χ2n) is 5.35. The van der Waals surface area contributed by atoms with Gasteiger partial charge in [0.2, 0.25) is 5.82 Å². The molecule has 0 bridgehead atoms. The number of benzene rings is 1. The van der Waals surface area contributed by atoms with E-state index in [9.17, 15) is 9.59 Å². The first-order chi connectivity index (χ1) is 11.1. The van der Waals surface area contributed by atoms with E-state index < -0.39 is 6.09 Å². The summed E-state index contributed by atoms with van der Waals surface area (Å²) in [5.74, 6) is -0.305. The molecule has 7 nitrogen and oxygen atoms in total. The van der Waals surface area contributed by atoms with E-state index in [0.717, 1.165) is 11.1 Å². The molecule has 118 valence electrons. The highest BCUT2D eigenvalue weighted by atomic mass is 16.4. The Morgan fingerprint density at radius 1 is 1.13 bits per heavy atom. The van der Waals surface area contributed by atoms with Gasteiger partial charge < -0.3 is 15.3 Å². The van der Waals surface area contributed by atoms with Gasteiger partial charge in [0.15, 0.2) is 0 Å². The van der Waals surface area contributed by atoms with Crippen molar-refractivity contribution in [2.24, 2.45) is 0 Å². The normalized spacial score (nSPS) is 17.0. The van der Waals surface area contributed by atoms with Gasteiger partial charge >= 0.3 is 6.09 Å². The lowest BCUT2D eigenvalue weighted by atomic mass is 10.1. The lowest BCUT2D eigenvalue weighted by Crippen LogP contribution is -2.38. The Bertz CT molecular complexity index is 703. The third kappa shape index (κ3) is 3.45. The predicted molar refractivity (Wildman–Crippen MR) is 82.9 cm³/mol. The molecule has 0 radical (unpaired) electrons. The van der Waals surface area contributed by atoms with E-state index in [2.05, 4.69) is 15.3 Å². The van der Waals surface area contributed by atoms with E-state index in [1.54, 1.807) is 12.4 Å². The second kappa shape index (κ2) is 6.43. The van der Waals surface area contributed by atoms with Crippen LogP contribution in [0, 0.1) is 0 Å². The molecule has 0 saturated carbocycles. The van der Waals surface area contributed by atoms with Gasteiger partial charge in [-0.1, -0.05) is 30.3 Å². The van der Waals surface area contributed by atoms with Crippen LogP contribution < -0.4 is 5.32 Å². The fourth-order valence-electron chi connectivity index (χ4n) is 2.53. The van der Waals surface area contributed by atoms with E-state index >= 15 is 0 Å². The van der Waals surface area contributed by atoms with Crippen LogP contribution in [0.2, 0.25) is 0 Å². The summed E-state index contributed by atoms with van der Waals surface area (Å²) in [5.41, 5.74) is 1.81. The van der Waals surface area contributed by atoms with Crippen LogP contribution in [-0.2, 0) is 0 Å². The minimum absolute atomic E-state index is 0.0819. The fourth-order valence-corrected chi connectivity index (χ4v) is 2.53. The number of amides is 2. The van der Waals surface area contributed by atoms with Crippen molar-refractivity contribution in [3.8, 4) is 11.1 Å². The third-order valence-corrected chi connectivity index (χ3v) is 3.76. The van der Waals surface area contributed by atoms with E-state index in [4.69, 9.17) is 5.11 Å². The Balaban J connectivity index is 1.63. The highest BCUT2D eigenvalue weighted by Gasteiger charge is 2.27. The molecule has 1 aromatic heterocycles. The number of aromatic nitrogens is 2. The molecule has 1 aromatic carbocycles. The van der Waals surface area contributed by atoms with Gasteiger partial charge in [-0.3, -0.25) is 4.79 Å². The van der Waals surface area contributed by atoms with E-state index in [0.29, 0.717) is 19.5 Å². The number of carbonyl (C=O) groups is 2. The summed E-state index contributed by atoms with van der Waals surface area (Å²) in [6.07, 6.45) is 2.84. The number of carboxylic acid groups (broad SMARTS) is 1. The van der Waals surface area contributed by atoms with Crippen LogP contribution in [0.15, 0.2) is 42.7 Å². The van der Waals surface area contributed by atoms with E-state index in [1.165, 1.54) is 4.90 Å². The van der Waals surface area contributed by atoms with Crippen molar-refractivity contribution >= 4 is 12.0 Å². The summed E-state index contributed by atoms with van der Waals surface area (Å²) in [6, 6.07) is 9.45. The molecule has 1 saturated heterocycles. The van der Waals surface area contributed by atoms with Crippen molar-refractivity contribution in [2.45, 2.75) is 12.5 Å². The summed E-state index contributed by atoms with van der Waals surface area (Å²) in [6.45, 7) is 0.719. The zero-order chi connectivity index (χ0) is 16.2. The number of carbonyl (C=O) groups excluding carboxylic acids is 1. The molecule has 2 heterocycles. The molecule has 2 amide bonds. The van der Waals surface area contributed by atoms with Crippen LogP contribution in [0.5, 0.6) is 0 Å². The number of nitrogens with zero attached hydrogens (tertiary/aromatic N) is 3. The van der Waals surface area contributed by atoms with Crippen molar-refractivity contribution in [1.29, 1.82) is 0 Å². The van der Waals surface area contributed by atoms with Crippen molar-refractivity contribution in [3.63, 3.8) is 0 Å². The number of nitrogens with one attached hydrogen (secondary N) is 1. The molecule has 0 aliphatic carbocycles. The number of rotatable bonds is 3. The highest BCUT2D eigenvalue weighted by Crippen LogP contribution is 2.16.